The van der Waals surface area contributed by atoms with Crippen LogP contribution in [0.1, 0.15) is 17.5 Å². The minimum absolute atomic E-state index is 0.710. The van der Waals surface area contributed by atoms with E-state index >= 15 is 0 Å². The van der Waals surface area contributed by atoms with Gasteiger partial charge in [-0.05, 0) is 35.1 Å². The van der Waals surface area contributed by atoms with Crippen LogP contribution in [0.4, 0.5) is 0 Å². The first-order valence-corrected chi connectivity index (χ1v) is 7.95. The summed E-state index contributed by atoms with van der Waals surface area (Å²) in [5.74, 6) is 0. The minimum Gasteiger partial charge on any atom is -0.322 e. The third kappa shape index (κ3) is 1.83. The molecule has 0 spiro atoms. The fraction of sp³-hybridized carbons (Fsp3) is 0.188. The van der Waals surface area contributed by atoms with Crippen molar-refractivity contribution < 1.29 is 4.57 Å². The number of hydrogen-bond donors (Lipinski definition) is 0. The lowest BCUT2D eigenvalue weighted by molar-refractivity contribution is 0.592. The van der Waals surface area contributed by atoms with Crippen LogP contribution >= 0.6 is 7.80 Å². The van der Waals surface area contributed by atoms with E-state index in [2.05, 4.69) is 31.2 Å². The van der Waals surface area contributed by atoms with Crippen molar-refractivity contribution in [1.29, 1.82) is 0 Å². The molecule has 0 aliphatic carbocycles. The second-order valence-electron chi connectivity index (χ2n) is 4.70. The van der Waals surface area contributed by atoms with Crippen LogP contribution < -0.4 is 5.30 Å². The van der Waals surface area contributed by atoms with Gasteiger partial charge in [-0.25, -0.2) is 0 Å². The van der Waals surface area contributed by atoms with Gasteiger partial charge in [0.05, 0.1) is 0 Å². The van der Waals surface area contributed by atoms with Crippen molar-refractivity contribution in [3.05, 3.63) is 60.5 Å². The highest BCUT2D eigenvalue weighted by Gasteiger charge is 2.22. The maximum absolute atomic E-state index is 12.4. The van der Waals surface area contributed by atoms with Crippen LogP contribution in [0, 0.1) is 6.92 Å². The monoisotopic (exact) mass is 255 g/mol. The van der Waals surface area contributed by atoms with E-state index in [0.717, 1.165) is 18.1 Å². The van der Waals surface area contributed by atoms with Crippen LogP contribution in [0.5, 0.6) is 0 Å². The van der Waals surface area contributed by atoms with Gasteiger partial charge >= 0.3 is 0 Å². The van der Waals surface area contributed by atoms with Crippen molar-refractivity contribution >= 4 is 13.1 Å². The molecule has 1 nitrogen and oxygen atoms in total. The Morgan fingerprint density at radius 1 is 1.11 bits per heavy atom. The molecular weight excluding hydrogens is 239 g/mol. The first kappa shape index (κ1) is 11.7. The van der Waals surface area contributed by atoms with Gasteiger partial charge in [0.1, 0.15) is 7.80 Å². The quantitative estimate of drug-likeness (QED) is 0.745. The summed E-state index contributed by atoms with van der Waals surface area (Å²) in [6.07, 6.45) is 2.54. The smallest absolute Gasteiger partial charge is 0.109 e. The van der Waals surface area contributed by atoms with Crippen molar-refractivity contribution in [3.8, 4) is 11.1 Å². The normalized spacial score (nSPS) is 17.1. The summed E-state index contributed by atoms with van der Waals surface area (Å²) in [6, 6.07) is 14.5. The molecule has 1 unspecified atom stereocenters. The number of hydrogen-bond acceptors (Lipinski definition) is 1. The largest absolute Gasteiger partial charge is 0.322 e. The molecule has 1 aliphatic heterocycles. The fourth-order valence-corrected chi connectivity index (χ4v) is 4.44. The molecule has 18 heavy (non-hydrogen) atoms. The molecule has 1 heterocycles. The average Bonchev–Trinajstić information content (AvgIpc) is 2.40. The van der Waals surface area contributed by atoms with Crippen molar-refractivity contribution in [2.24, 2.45) is 0 Å². The predicted octanol–water partition coefficient (Wildman–Crippen LogP) is 3.82. The number of rotatable bonds is 2. The van der Waals surface area contributed by atoms with Crippen molar-refractivity contribution in [2.75, 3.05) is 0 Å². The Morgan fingerprint density at radius 3 is 2.78 bits per heavy atom. The Balaban J connectivity index is 2.29. The molecule has 2 heteroatoms. The highest BCUT2D eigenvalue weighted by Crippen LogP contribution is 2.41. The SMILES string of the molecule is [CH2]CCc1cccc2c1-c1ccccc1C[PH]2=O. The van der Waals surface area contributed by atoms with E-state index in [0.29, 0.717) is 6.16 Å². The highest BCUT2D eigenvalue weighted by molar-refractivity contribution is 7.53. The molecule has 0 bridgehead atoms. The molecule has 2 aromatic rings. The van der Waals surface area contributed by atoms with Crippen LogP contribution in [-0.4, -0.2) is 0 Å². The average molecular weight is 255 g/mol. The molecule has 1 aliphatic rings. The Kier molecular flexibility index (Phi) is 3.09. The van der Waals surface area contributed by atoms with Crippen molar-refractivity contribution in [3.63, 3.8) is 0 Å². The van der Waals surface area contributed by atoms with E-state index in [1.54, 1.807) is 0 Å². The van der Waals surface area contributed by atoms with Gasteiger partial charge in [0, 0.05) is 11.5 Å². The maximum atomic E-state index is 12.4. The third-order valence-electron chi connectivity index (χ3n) is 3.53. The van der Waals surface area contributed by atoms with E-state index in [1.165, 1.54) is 22.3 Å². The lowest BCUT2D eigenvalue weighted by Crippen LogP contribution is -2.12. The number of aryl methyl sites for hydroxylation is 1. The molecule has 0 aromatic heterocycles. The number of benzene rings is 2. The standard InChI is InChI=1S/C16H16OP/c1-2-6-12-8-5-10-15-16(12)14-9-4-3-7-13(14)11-18(15)17/h3-5,7-10,18H,1-2,6,11H2. The van der Waals surface area contributed by atoms with Crippen LogP contribution in [0.3, 0.4) is 0 Å². The molecule has 0 saturated heterocycles. The first-order chi connectivity index (χ1) is 8.81. The van der Waals surface area contributed by atoms with Gasteiger partial charge in [-0.3, -0.25) is 0 Å². The summed E-state index contributed by atoms with van der Waals surface area (Å²) < 4.78 is 12.4. The number of fused-ring (bicyclic) bond motifs is 3. The van der Waals surface area contributed by atoms with Gasteiger partial charge in [0.2, 0.25) is 0 Å². The molecule has 1 atom stereocenters. The lowest BCUT2D eigenvalue weighted by Gasteiger charge is -2.22. The third-order valence-corrected chi connectivity index (χ3v) is 5.25. The topological polar surface area (TPSA) is 17.1 Å². The first-order valence-electron chi connectivity index (χ1n) is 6.34. The summed E-state index contributed by atoms with van der Waals surface area (Å²) in [5, 5.41) is 1.06. The Hall–Kier alpha value is -1.33. The van der Waals surface area contributed by atoms with Crippen molar-refractivity contribution in [2.45, 2.75) is 19.0 Å². The zero-order chi connectivity index (χ0) is 12.5. The second kappa shape index (κ2) is 4.74. The lowest BCUT2D eigenvalue weighted by atomic mass is 9.93. The van der Waals surface area contributed by atoms with E-state index in [1.807, 2.05) is 18.2 Å². The molecule has 0 N–H and O–H groups in total. The molecule has 0 amide bonds. The molecule has 2 aromatic carbocycles. The molecule has 3 rings (SSSR count). The van der Waals surface area contributed by atoms with Crippen molar-refractivity contribution in [1.82, 2.24) is 0 Å². The van der Waals surface area contributed by atoms with Crippen LogP contribution in [-0.2, 0) is 17.1 Å². The maximum Gasteiger partial charge on any atom is 0.109 e. The van der Waals surface area contributed by atoms with E-state index in [4.69, 9.17) is 0 Å². The van der Waals surface area contributed by atoms with Crippen LogP contribution in [0.15, 0.2) is 42.5 Å². The van der Waals surface area contributed by atoms with Gasteiger partial charge in [-0.1, -0.05) is 49.4 Å². The molecule has 1 radical (unpaired) electrons. The van der Waals surface area contributed by atoms with Gasteiger partial charge in [-0.15, -0.1) is 0 Å². The summed E-state index contributed by atoms with van der Waals surface area (Å²) >= 11 is 0. The zero-order valence-electron chi connectivity index (χ0n) is 10.3. The molecular formula is C16H16OP. The molecule has 91 valence electrons. The Bertz CT molecular complexity index is 616. The summed E-state index contributed by atoms with van der Waals surface area (Å²) in [5.41, 5.74) is 4.99. The molecule has 0 saturated carbocycles. The van der Waals surface area contributed by atoms with Gasteiger partial charge < -0.3 is 4.57 Å². The molecule has 0 fully saturated rings. The Morgan fingerprint density at radius 2 is 1.94 bits per heavy atom. The van der Waals surface area contributed by atoms with Crippen LogP contribution in [0.2, 0.25) is 0 Å². The van der Waals surface area contributed by atoms with Gasteiger partial charge in [0.15, 0.2) is 0 Å². The van der Waals surface area contributed by atoms with Gasteiger partial charge in [0.25, 0.3) is 0 Å². The predicted molar refractivity (Wildman–Crippen MR) is 77.9 cm³/mol. The van der Waals surface area contributed by atoms with E-state index < -0.39 is 7.80 Å². The zero-order valence-corrected chi connectivity index (χ0v) is 11.3. The highest BCUT2D eigenvalue weighted by atomic mass is 31.1. The Labute approximate surface area is 109 Å². The van der Waals surface area contributed by atoms with E-state index in [-0.39, 0.29) is 0 Å². The van der Waals surface area contributed by atoms with Gasteiger partial charge in [-0.2, -0.15) is 0 Å². The second-order valence-corrected chi connectivity index (χ2v) is 6.44. The minimum atomic E-state index is -1.67. The summed E-state index contributed by atoms with van der Waals surface area (Å²) in [6.45, 7) is 3.94. The summed E-state index contributed by atoms with van der Waals surface area (Å²) in [4.78, 5) is 0. The van der Waals surface area contributed by atoms with Crippen LogP contribution in [0.25, 0.3) is 11.1 Å². The summed E-state index contributed by atoms with van der Waals surface area (Å²) in [7, 11) is -1.67. The fourth-order valence-electron chi connectivity index (χ4n) is 2.74. The van der Waals surface area contributed by atoms with E-state index in [9.17, 15) is 4.57 Å².